The summed E-state index contributed by atoms with van der Waals surface area (Å²) in [5.41, 5.74) is 4.21. The molecule has 0 radical (unpaired) electrons. The Labute approximate surface area is 175 Å². The van der Waals surface area contributed by atoms with Crippen LogP contribution in [0.2, 0.25) is 0 Å². The molecule has 2 N–H and O–H groups in total. The summed E-state index contributed by atoms with van der Waals surface area (Å²) in [7, 11) is 0. The Morgan fingerprint density at radius 1 is 0.759 bits per heavy atom. The van der Waals surface area contributed by atoms with Crippen LogP contribution >= 0.6 is 0 Å². The number of carbonyl (C=O) groups excluding carboxylic acids is 2. The molecule has 0 saturated carbocycles. The van der Waals surface area contributed by atoms with Crippen molar-refractivity contribution < 1.29 is 9.59 Å². The highest BCUT2D eigenvalue weighted by molar-refractivity contribution is 6.05. The third-order valence-corrected chi connectivity index (χ3v) is 5.16. The van der Waals surface area contributed by atoms with E-state index in [4.69, 9.17) is 0 Å². The first-order valence-corrected chi connectivity index (χ1v) is 10.8. The smallest absolute Gasteiger partial charge is 0.255 e. The van der Waals surface area contributed by atoms with Gasteiger partial charge in [0.1, 0.15) is 0 Å². The summed E-state index contributed by atoms with van der Waals surface area (Å²) in [4.78, 5) is 24.6. The summed E-state index contributed by atoms with van der Waals surface area (Å²) < 4.78 is 0. The van der Waals surface area contributed by atoms with Gasteiger partial charge in [-0.2, -0.15) is 0 Å². The van der Waals surface area contributed by atoms with Crippen molar-refractivity contribution in [3.8, 4) is 0 Å². The number of nitrogens with one attached hydrogen (secondary N) is 2. The molecule has 4 heteroatoms. The van der Waals surface area contributed by atoms with Gasteiger partial charge in [0.25, 0.3) is 5.91 Å². The van der Waals surface area contributed by atoms with E-state index in [0.717, 1.165) is 35.3 Å². The van der Waals surface area contributed by atoms with E-state index in [0.29, 0.717) is 12.0 Å². The minimum Gasteiger partial charge on any atom is -0.326 e. The fraction of sp³-hybridized carbons (Fsp3) is 0.440. The molecule has 0 aliphatic heterocycles. The van der Waals surface area contributed by atoms with Crippen LogP contribution in [-0.4, -0.2) is 11.8 Å². The number of amides is 2. The highest BCUT2D eigenvalue weighted by atomic mass is 16.2. The lowest BCUT2D eigenvalue weighted by Crippen LogP contribution is -2.14. The van der Waals surface area contributed by atoms with Crippen molar-refractivity contribution in [2.75, 3.05) is 10.6 Å². The average Bonchev–Trinajstić information content (AvgIpc) is 2.70. The fourth-order valence-electron chi connectivity index (χ4n) is 3.37. The van der Waals surface area contributed by atoms with E-state index in [1.54, 1.807) is 24.3 Å². The summed E-state index contributed by atoms with van der Waals surface area (Å²) in [6, 6.07) is 13.0. The molecule has 4 nitrogen and oxygen atoms in total. The Bertz CT molecular complexity index is 777. The molecule has 0 spiro atoms. The summed E-state index contributed by atoms with van der Waals surface area (Å²) in [5, 5.41) is 5.90. The van der Waals surface area contributed by atoms with Crippen molar-refractivity contribution in [1.82, 2.24) is 0 Å². The predicted octanol–water partition coefficient (Wildman–Crippen LogP) is 6.63. The standard InChI is InChI=1S/C25H34N2O2/c1-4-5-6-7-8-9-10-14-23(28)26-22-17-15-21(16-18-22)25(29)27-24-19(2)12-11-13-20(24)3/h11-13,15-18H,4-10,14H2,1-3H3,(H,26,28)(H,27,29). The molecule has 2 rings (SSSR count). The van der Waals surface area contributed by atoms with Crippen molar-refractivity contribution in [3.05, 3.63) is 59.2 Å². The van der Waals surface area contributed by atoms with E-state index in [2.05, 4.69) is 17.6 Å². The van der Waals surface area contributed by atoms with Gasteiger partial charge in [-0.25, -0.2) is 0 Å². The Morgan fingerprint density at radius 2 is 1.34 bits per heavy atom. The molecule has 0 unspecified atom stereocenters. The minimum absolute atomic E-state index is 0.0336. The van der Waals surface area contributed by atoms with E-state index in [9.17, 15) is 9.59 Å². The van der Waals surface area contributed by atoms with Crippen molar-refractivity contribution in [2.45, 2.75) is 72.1 Å². The average molecular weight is 395 g/mol. The number of carbonyl (C=O) groups is 2. The van der Waals surface area contributed by atoms with Crippen LogP contribution in [0.25, 0.3) is 0 Å². The van der Waals surface area contributed by atoms with Gasteiger partial charge >= 0.3 is 0 Å². The maximum atomic E-state index is 12.5. The predicted molar refractivity (Wildman–Crippen MR) is 122 cm³/mol. The lowest BCUT2D eigenvalue weighted by Gasteiger charge is -2.12. The van der Waals surface area contributed by atoms with Gasteiger partial charge in [0, 0.05) is 23.4 Å². The fourth-order valence-corrected chi connectivity index (χ4v) is 3.37. The molecule has 0 atom stereocenters. The van der Waals surface area contributed by atoms with Gasteiger partial charge in [-0.1, -0.05) is 63.6 Å². The topological polar surface area (TPSA) is 58.2 Å². The largest absolute Gasteiger partial charge is 0.326 e. The Morgan fingerprint density at radius 3 is 1.97 bits per heavy atom. The van der Waals surface area contributed by atoms with Crippen molar-refractivity contribution in [3.63, 3.8) is 0 Å². The van der Waals surface area contributed by atoms with Crippen LogP contribution in [0.15, 0.2) is 42.5 Å². The van der Waals surface area contributed by atoms with Crippen LogP contribution in [0, 0.1) is 13.8 Å². The van der Waals surface area contributed by atoms with Gasteiger partial charge in [0.05, 0.1) is 0 Å². The number of unbranched alkanes of at least 4 members (excludes halogenated alkanes) is 6. The van der Waals surface area contributed by atoms with Crippen LogP contribution in [-0.2, 0) is 4.79 Å². The SMILES string of the molecule is CCCCCCCCCC(=O)Nc1ccc(C(=O)Nc2c(C)cccc2C)cc1. The number of para-hydroxylation sites is 1. The number of anilines is 2. The molecular weight excluding hydrogens is 360 g/mol. The van der Waals surface area contributed by atoms with E-state index in [1.807, 2.05) is 32.0 Å². The molecule has 2 aromatic carbocycles. The van der Waals surface area contributed by atoms with E-state index < -0.39 is 0 Å². The number of rotatable bonds is 11. The first-order chi connectivity index (χ1) is 14.0. The summed E-state index contributed by atoms with van der Waals surface area (Å²) in [5.74, 6) is -0.116. The Kier molecular flexibility index (Phi) is 9.42. The number of hydrogen-bond donors (Lipinski definition) is 2. The number of aryl methyl sites for hydroxylation is 2. The van der Waals surface area contributed by atoms with Gasteiger partial charge in [-0.15, -0.1) is 0 Å². The molecule has 0 aromatic heterocycles. The first kappa shape index (κ1) is 22.7. The van der Waals surface area contributed by atoms with Crippen molar-refractivity contribution in [2.24, 2.45) is 0 Å². The summed E-state index contributed by atoms with van der Waals surface area (Å²) in [6.45, 7) is 6.17. The van der Waals surface area contributed by atoms with Crippen molar-refractivity contribution in [1.29, 1.82) is 0 Å². The molecule has 0 aliphatic carbocycles. The second kappa shape index (κ2) is 12.1. The lowest BCUT2D eigenvalue weighted by molar-refractivity contribution is -0.116. The Balaban J connectivity index is 1.78. The monoisotopic (exact) mass is 394 g/mol. The second-order valence-corrected chi connectivity index (χ2v) is 7.72. The molecule has 29 heavy (non-hydrogen) atoms. The number of hydrogen-bond acceptors (Lipinski definition) is 2. The third-order valence-electron chi connectivity index (χ3n) is 5.16. The van der Waals surface area contributed by atoms with Gasteiger partial charge in [-0.3, -0.25) is 9.59 Å². The molecular formula is C25H34N2O2. The van der Waals surface area contributed by atoms with Gasteiger partial charge in [0.15, 0.2) is 0 Å². The molecule has 0 fully saturated rings. The van der Waals surface area contributed by atoms with E-state index in [1.165, 1.54) is 32.1 Å². The molecule has 0 aliphatic rings. The number of benzene rings is 2. The molecule has 0 bridgehead atoms. The molecule has 156 valence electrons. The highest BCUT2D eigenvalue weighted by Gasteiger charge is 2.10. The molecule has 2 amide bonds. The second-order valence-electron chi connectivity index (χ2n) is 7.72. The van der Waals surface area contributed by atoms with Crippen LogP contribution < -0.4 is 10.6 Å². The van der Waals surface area contributed by atoms with Gasteiger partial charge < -0.3 is 10.6 Å². The van der Waals surface area contributed by atoms with E-state index in [-0.39, 0.29) is 11.8 Å². The lowest BCUT2D eigenvalue weighted by atomic mass is 10.1. The maximum Gasteiger partial charge on any atom is 0.255 e. The minimum atomic E-state index is -0.150. The van der Waals surface area contributed by atoms with Gasteiger partial charge in [0.2, 0.25) is 5.91 Å². The quantitative estimate of drug-likeness (QED) is 0.420. The van der Waals surface area contributed by atoms with Crippen LogP contribution in [0.5, 0.6) is 0 Å². The molecule has 0 saturated heterocycles. The van der Waals surface area contributed by atoms with Crippen LogP contribution in [0.1, 0.15) is 79.8 Å². The summed E-state index contributed by atoms with van der Waals surface area (Å²) in [6.07, 6.45) is 8.91. The zero-order valence-electron chi connectivity index (χ0n) is 18.0. The zero-order valence-corrected chi connectivity index (χ0v) is 18.0. The van der Waals surface area contributed by atoms with Crippen LogP contribution in [0.3, 0.4) is 0 Å². The third kappa shape index (κ3) is 7.72. The van der Waals surface area contributed by atoms with Crippen molar-refractivity contribution >= 4 is 23.2 Å². The first-order valence-electron chi connectivity index (χ1n) is 10.8. The van der Waals surface area contributed by atoms with Crippen LogP contribution in [0.4, 0.5) is 11.4 Å². The molecule has 0 heterocycles. The normalized spacial score (nSPS) is 10.6. The highest BCUT2D eigenvalue weighted by Crippen LogP contribution is 2.21. The van der Waals surface area contributed by atoms with Gasteiger partial charge in [-0.05, 0) is 55.7 Å². The Hall–Kier alpha value is -2.62. The van der Waals surface area contributed by atoms with E-state index >= 15 is 0 Å². The maximum absolute atomic E-state index is 12.5. The summed E-state index contributed by atoms with van der Waals surface area (Å²) >= 11 is 0. The molecule has 2 aromatic rings. The zero-order chi connectivity index (χ0) is 21.1.